The molecule has 1 unspecified atom stereocenters. The van der Waals surface area contributed by atoms with E-state index in [0.717, 1.165) is 34.7 Å². The quantitative estimate of drug-likeness (QED) is 0.886. The number of benzene rings is 2. The van der Waals surface area contributed by atoms with Crippen LogP contribution in [0.25, 0.3) is 10.8 Å². The minimum absolute atomic E-state index is 0.00363. The summed E-state index contributed by atoms with van der Waals surface area (Å²) in [6.07, 6.45) is 2.23. The van der Waals surface area contributed by atoms with Crippen LogP contribution in [0.1, 0.15) is 12.8 Å². The van der Waals surface area contributed by atoms with Gasteiger partial charge in [-0.25, -0.2) is 0 Å². The first kappa shape index (κ1) is 15.3. The molecule has 3 rings (SSSR count). The maximum Gasteiger partial charge on any atom is 0.258 e. The van der Waals surface area contributed by atoms with E-state index >= 15 is 0 Å². The van der Waals surface area contributed by atoms with E-state index < -0.39 is 0 Å². The van der Waals surface area contributed by atoms with Crippen LogP contribution in [0.4, 0.5) is 0 Å². The summed E-state index contributed by atoms with van der Waals surface area (Å²) >= 11 is 3.55. The number of rotatable bonds is 5. The monoisotopic (exact) mass is 363 g/mol. The van der Waals surface area contributed by atoms with Gasteiger partial charge in [-0.3, -0.25) is 4.79 Å². The van der Waals surface area contributed by atoms with E-state index in [4.69, 9.17) is 9.47 Å². The first-order valence-corrected chi connectivity index (χ1v) is 8.21. The second-order valence-corrected chi connectivity index (χ2v) is 6.12. The van der Waals surface area contributed by atoms with Gasteiger partial charge in [-0.15, -0.1) is 0 Å². The molecular formula is C17H18BrNO3. The van der Waals surface area contributed by atoms with Gasteiger partial charge in [0.2, 0.25) is 0 Å². The second-order valence-electron chi connectivity index (χ2n) is 5.33. The summed E-state index contributed by atoms with van der Waals surface area (Å²) < 4.78 is 12.0. The summed E-state index contributed by atoms with van der Waals surface area (Å²) in [5.41, 5.74) is 0. The molecule has 1 fully saturated rings. The predicted octanol–water partition coefficient (Wildman–Crippen LogP) is 3.28. The van der Waals surface area contributed by atoms with Crippen LogP contribution in [0.2, 0.25) is 0 Å². The topological polar surface area (TPSA) is 47.6 Å². The lowest BCUT2D eigenvalue weighted by Gasteiger charge is -2.12. The molecule has 1 saturated heterocycles. The van der Waals surface area contributed by atoms with Crippen molar-refractivity contribution in [3.8, 4) is 5.75 Å². The van der Waals surface area contributed by atoms with E-state index in [-0.39, 0.29) is 18.6 Å². The van der Waals surface area contributed by atoms with Crippen molar-refractivity contribution in [1.29, 1.82) is 0 Å². The summed E-state index contributed by atoms with van der Waals surface area (Å²) in [4.78, 5) is 11.8. The zero-order valence-electron chi connectivity index (χ0n) is 12.2. The Bertz CT molecular complexity index is 668. The summed E-state index contributed by atoms with van der Waals surface area (Å²) in [6.45, 7) is 1.35. The SMILES string of the molecule is O=C(COc1ccc2ccccc2c1Br)NCC1CCCO1. The number of hydrogen-bond acceptors (Lipinski definition) is 3. The fraction of sp³-hybridized carbons (Fsp3) is 0.353. The second kappa shape index (κ2) is 7.11. The van der Waals surface area contributed by atoms with Crippen LogP contribution in [0.5, 0.6) is 5.75 Å². The molecule has 116 valence electrons. The van der Waals surface area contributed by atoms with E-state index in [0.29, 0.717) is 12.3 Å². The Balaban J connectivity index is 1.56. The molecule has 0 saturated carbocycles. The minimum atomic E-state index is -0.129. The van der Waals surface area contributed by atoms with Crippen LogP contribution >= 0.6 is 15.9 Å². The molecule has 0 spiro atoms. The van der Waals surface area contributed by atoms with Crippen molar-refractivity contribution >= 4 is 32.6 Å². The Morgan fingerprint density at radius 2 is 2.18 bits per heavy atom. The minimum Gasteiger partial charge on any atom is -0.483 e. The van der Waals surface area contributed by atoms with E-state index in [1.807, 2.05) is 36.4 Å². The number of carbonyl (C=O) groups excluding carboxylic acids is 1. The van der Waals surface area contributed by atoms with Gasteiger partial charge in [0.25, 0.3) is 5.91 Å². The number of amides is 1. The van der Waals surface area contributed by atoms with Crippen molar-refractivity contribution in [2.45, 2.75) is 18.9 Å². The lowest BCUT2D eigenvalue weighted by Crippen LogP contribution is -2.35. The number of halogens is 1. The van der Waals surface area contributed by atoms with Gasteiger partial charge in [0, 0.05) is 13.2 Å². The van der Waals surface area contributed by atoms with Gasteiger partial charge < -0.3 is 14.8 Å². The van der Waals surface area contributed by atoms with Crippen LogP contribution in [-0.4, -0.2) is 31.8 Å². The van der Waals surface area contributed by atoms with E-state index in [1.165, 1.54) is 0 Å². The zero-order chi connectivity index (χ0) is 15.4. The number of hydrogen-bond donors (Lipinski definition) is 1. The highest BCUT2D eigenvalue weighted by Crippen LogP contribution is 2.32. The maximum atomic E-state index is 11.8. The van der Waals surface area contributed by atoms with Crippen molar-refractivity contribution in [2.75, 3.05) is 19.8 Å². The fourth-order valence-corrected chi connectivity index (χ4v) is 3.16. The van der Waals surface area contributed by atoms with Gasteiger partial charge in [-0.1, -0.05) is 30.3 Å². The van der Waals surface area contributed by atoms with Crippen LogP contribution in [0.3, 0.4) is 0 Å². The molecule has 5 heteroatoms. The van der Waals surface area contributed by atoms with Gasteiger partial charge >= 0.3 is 0 Å². The molecule has 1 aliphatic rings. The number of carbonyl (C=O) groups is 1. The lowest BCUT2D eigenvalue weighted by atomic mass is 10.1. The molecule has 1 atom stereocenters. The molecule has 0 bridgehead atoms. The smallest absolute Gasteiger partial charge is 0.258 e. The highest BCUT2D eigenvalue weighted by molar-refractivity contribution is 9.10. The van der Waals surface area contributed by atoms with Gasteiger partial charge in [0.05, 0.1) is 10.6 Å². The molecule has 1 aliphatic heterocycles. The van der Waals surface area contributed by atoms with Gasteiger partial charge in [-0.05, 0) is 45.6 Å². The van der Waals surface area contributed by atoms with Crippen molar-refractivity contribution in [1.82, 2.24) is 5.32 Å². The summed E-state index contributed by atoms with van der Waals surface area (Å²) in [5.74, 6) is 0.543. The highest BCUT2D eigenvalue weighted by Gasteiger charge is 2.16. The molecule has 22 heavy (non-hydrogen) atoms. The van der Waals surface area contributed by atoms with E-state index in [9.17, 15) is 4.79 Å². The maximum absolute atomic E-state index is 11.8. The normalized spacial score (nSPS) is 17.6. The summed E-state index contributed by atoms with van der Waals surface area (Å²) in [6, 6.07) is 11.9. The van der Waals surface area contributed by atoms with Crippen LogP contribution in [-0.2, 0) is 9.53 Å². The summed E-state index contributed by atoms with van der Waals surface area (Å²) in [5, 5.41) is 5.05. The van der Waals surface area contributed by atoms with Crippen LogP contribution < -0.4 is 10.1 Å². The molecule has 1 heterocycles. The molecule has 1 amide bonds. The molecule has 2 aromatic carbocycles. The van der Waals surface area contributed by atoms with E-state index in [2.05, 4.69) is 21.2 Å². The third kappa shape index (κ3) is 3.59. The predicted molar refractivity (Wildman–Crippen MR) is 89.1 cm³/mol. The van der Waals surface area contributed by atoms with Crippen LogP contribution in [0.15, 0.2) is 40.9 Å². The first-order valence-electron chi connectivity index (χ1n) is 7.42. The molecule has 1 N–H and O–H groups in total. The van der Waals surface area contributed by atoms with Crippen molar-refractivity contribution in [3.05, 3.63) is 40.9 Å². The number of nitrogens with one attached hydrogen (secondary N) is 1. The molecular weight excluding hydrogens is 346 g/mol. The Morgan fingerprint density at radius 3 is 3.00 bits per heavy atom. The Kier molecular flexibility index (Phi) is 4.95. The lowest BCUT2D eigenvalue weighted by molar-refractivity contribution is -0.123. The van der Waals surface area contributed by atoms with Gasteiger partial charge in [-0.2, -0.15) is 0 Å². The third-order valence-corrected chi connectivity index (χ3v) is 4.56. The molecule has 4 nitrogen and oxygen atoms in total. The number of ether oxygens (including phenoxy) is 2. The molecule has 2 aromatic rings. The van der Waals surface area contributed by atoms with Crippen molar-refractivity contribution in [3.63, 3.8) is 0 Å². The number of fused-ring (bicyclic) bond motifs is 1. The average molecular weight is 364 g/mol. The third-order valence-electron chi connectivity index (χ3n) is 3.74. The Hall–Kier alpha value is -1.59. The largest absolute Gasteiger partial charge is 0.483 e. The summed E-state index contributed by atoms with van der Waals surface area (Å²) in [7, 11) is 0. The molecule has 0 aromatic heterocycles. The van der Waals surface area contributed by atoms with Crippen LogP contribution in [0, 0.1) is 0 Å². The van der Waals surface area contributed by atoms with Gasteiger partial charge in [0.15, 0.2) is 6.61 Å². The van der Waals surface area contributed by atoms with Crippen molar-refractivity contribution in [2.24, 2.45) is 0 Å². The first-order chi connectivity index (χ1) is 10.7. The Labute approximate surface area is 137 Å². The molecule has 0 aliphatic carbocycles. The van der Waals surface area contributed by atoms with E-state index in [1.54, 1.807) is 0 Å². The average Bonchev–Trinajstić information content (AvgIpc) is 3.06. The fourth-order valence-electron chi connectivity index (χ4n) is 2.55. The Morgan fingerprint density at radius 1 is 1.32 bits per heavy atom. The highest BCUT2D eigenvalue weighted by atomic mass is 79.9. The van der Waals surface area contributed by atoms with Gasteiger partial charge in [0.1, 0.15) is 5.75 Å². The van der Waals surface area contributed by atoms with Crippen molar-refractivity contribution < 1.29 is 14.3 Å². The molecule has 0 radical (unpaired) electrons. The standard InChI is InChI=1S/C17H18BrNO3/c18-17-14-6-2-1-4-12(14)7-8-15(17)22-11-16(20)19-10-13-5-3-9-21-13/h1-2,4,6-8,13H,3,5,9-11H2,(H,19,20). The zero-order valence-corrected chi connectivity index (χ0v) is 13.8.